The molecule has 1 saturated heterocycles. The lowest BCUT2D eigenvalue weighted by molar-refractivity contribution is -0.387. The molecule has 38 heavy (non-hydrogen) atoms. The van der Waals surface area contributed by atoms with E-state index in [9.17, 15) is 28.9 Å². The van der Waals surface area contributed by atoms with Crippen molar-refractivity contribution in [3.63, 3.8) is 0 Å². The fourth-order valence-corrected chi connectivity index (χ4v) is 4.48. The number of nitrogens with zero attached hydrogens (tertiary/aromatic N) is 2. The van der Waals surface area contributed by atoms with E-state index in [1.165, 1.54) is 12.1 Å². The third kappa shape index (κ3) is 5.86. The summed E-state index contributed by atoms with van der Waals surface area (Å²) >= 11 is 0. The number of halogens is 1. The molecule has 0 unspecified atom stereocenters. The van der Waals surface area contributed by atoms with E-state index in [-0.39, 0.29) is 24.0 Å². The third-order valence-corrected chi connectivity index (χ3v) is 6.48. The molecule has 0 atom stereocenters. The molecule has 1 N–H and O–H groups in total. The fourth-order valence-electron chi connectivity index (χ4n) is 4.48. The summed E-state index contributed by atoms with van der Waals surface area (Å²) in [6.07, 6.45) is 1.52. The van der Waals surface area contributed by atoms with Crippen LogP contribution in [0.1, 0.15) is 62.3 Å². The molecule has 0 aromatic heterocycles. The highest BCUT2D eigenvalue weighted by Gasteiger charge is 2.26. The smallest absolute Gasteiger partial charge is 0.338 e. The van der Waals surface area contributed by atoms with Crippen LogP contribution < -0.4 is 5.32 Å². The van der Waals surface area contributed by atoms with Gasteiger partial charge in [0.1, 0.15) is 5.56 Å². The van der Waals surface area contributed by atoms with Crippen LogP contribution in [0, 0.1) is 15.9 Å². The maximum absolute atomic E-state index is 13.8. The van der Waals surface area contributed by atoms with Gasteiger partial charge in [0.05, 0.1) is 17.1 Å². The molecule has 2 amide bonds. The topological polar surface area (TPSA) is 119 Å². The summed E-state index contributed by atoms with van der Waals surface area (Å²) in [5, 5.41) is 13.7. The van der Waals surface area contributed by atoms with Gasteiger partial charge in [0.15, 0.2) is 0 Å². The SMILES string of the molecule is CCOC(=O)c1ccc(C(=O)N2CCC(c3ccc(NC(=O)c4cccc(F)c4[N+](=O)[O-])cc3)CC2)cc1. The first-order valence-electron chi connectivity index (χ1n) is 12.2. The summed E-state index contributed by atoms with van der Waals surface area (Å²) < 4.78 is 18.8. The molecule has 3 aromatic rings. The van der Waals surface area contributed by atoms with Crippen LogP contribution >= 0.6 is 0 Å². The van der Waals surface area contributed by atoms with Gasteiger partial charge in [-0.25, -0.2) is 4.79 Å². The number of ether oxygens (including phenoxy) is 1. The van der Waals surface area contributed by atoms with Crippen molar-refractivity contribution in [3.05, 3.63) is 105 Å². The van der Waals surface area contributed by atoms with Crippen molar-refractivity contribution >= 4 is 29.2 Å². The zero-order valence-corrected chi connectivity index (χ0v) is 20.7. The molecule has 0 bridgehead atoms. The summed E-state index contributed by atoms with van der Waals surface area (Å²) in [6.45, 7) is 3.16. The minimum atomic E-state index is -1.07. The van der Waals surface area contributed by atoms with Gasteiger partial charge in [-0.1, -0.05) is 18.2 Å². The van der Waals surface area contributed by atoms with Crippen LogP contribution in [0.15, 0.2) is 66.7 Å². The minimum absolute atomic E-state index is 0.0941. The minimum Gasteiger partial charge on any atom is -0.462 e. The Labute approximate surface area is 218 Å². The lowest BCUT2D eigenvalue weighted by Gasteiger charge is -2.32. The van der Waals surface area contributed by atoms with Crippen molar-refractivity contribution in [3.8, 4) is 0 Å². The molecule has 196 valence electrons. The molecule has 4 rings (SSSR count). The Hall–Kier alpha value is -4.60. The van der Waals surface area contributed by atoms with Crippen LogP contribution in [0.3, 0.4) is 0 Å². The lowest BCUT2D eigenvalue weighted by Crippen LogP contribution is -2.37. The number of hydrogen-bond acceptors (Lipinski definition) is 6. The van der Waals surface area contributed by atoms with E-state index in [2.05, 4.69) is 5.32 Å². The first kappa shape index (κ1) is 26.5. The van der Waals surface area contributed by atoms with Crippen LogP contribution in [-0.4, -0.2) is 47.3 Å². The van der Waals surface area contributed by atoms with Gasteiger partial charge in [0.25, 0.3) is 11.8 Å². The number of likely N-dealkylation sites (tertiary alicyclic amines) is 1. The number of hydrogen-bond donors (Lipinski definition) is 1. The highest BCUT2D eigenvalue weighted by molar-refractivity contribution is 6.07. The Morgan fingerprint density at radius 1 is 1.00 bits per heavy atom. The largest absolute Gasteiger partial charge is 0.462 e. The number of nitro benzene ring substituents is 1. The molecule has 0 saturated carbocycles. The molecule has 0 aliphatic carbocycles. The van der Waals surface area contributed by atoms with Gasteiger partial charge in [-0.2, -0.15) is 4.39 Å². The predicted molar refractivity (Wildman–Crippen MR) is 138 cm³/mol. The summed E-state index contributed by atoms with van der Waals surface area (Å²) in [4.78, 5) is 49.3. The van der Waals surface area contributed by atoms with Crippen molar-refractivity contribution in [1.82, 2.24) is 4.90 Å². The Morgan fingerprint density at radius 3 is 2.24 bits per heavy atom. The normalized spacial score (nSPS) is 13.6. The van der Waals surface area contributed by atoms with Gasteiger partial charge in [0, 0.05) is 24.3 Å². The van der Waals surface area contributed by atoms with Crippen molar-refractivity contribution < 1.29 is 28.4 Å². The molecule has 1 heterocycles. The highest BCUT2D eigenvalue weighted by Crippen LogP contribution is 2.30. The molecule has 0 spiro atoms. The van der Waals surface area contributed by atoms with E-state index in [0.29, 0.717) is 29.9 Å². The van der Waals surface area contributed by atoms with E-state index in [4.69, 9.17) is 4.74 Å². The quantitative estimate of drug-likeness (QED) is 0.261. The average molecular weight is 520 g/mol. The van der Waals surface area contributed by atoms with E-state index < -0.39 is 28.3 Å². The molecule has 1 fully saturated rings. The summed E-state index contributed by atoms with van der Waals surface area (Å²) in [5.74, 6) is -2.14. The monoisotopic (exact) mass is 519 g/mol. The van der Waals surface area contributed by atoms with Gasteiger partial charge < -0.3 is 15.0 Å². The Balaban J connectivity index is 1.34. The summed E-state index contributed by atoms with van der Waals surface area (Å²) in [5.41, 5.74) is 1.16. The number of anilines is 1. The molecule has 1 aliphatic heterocycles. The van der Waals surface area contributed by atoms with Crippen LogP contribution in [0.2, 0.25) is 0 Å². The summed E-state index contributed by atoms with van der Waals surface area (Å²) in [6, 6.07) is 16.9. The van der Waals surface area contributed by atoms with Crippen LogP contribution in [0.4, 0.5) is 15.8 Å². The molecular formula is C28H26FN3O6. The van der Waals surface area contributed by atoms with Crippen LogP contribution in [0.5, 0.6) is 0 Å². The number of nitro groups is 1. The first-order valence-corrected chi connectivity index (χ1v) is 12.2. The van der Waals surface area contributed by atoms with Gasteiger partial charge in [0.2, 0.25) is 5.82 Å². The number of para-hydroxylation sites is 1. The maximum atomic E-state index is 13.8. The summed E-state index contributed by atoms with van der Waals surface area (Å²) in [7, 11) is 0. The maximum Gasteiger partial charge on any atom is 0.338 e. The molecular weight excluding hydrogens is 493 g/mol. The zero-order chi connectivity index (χ0) is 27.2. The Bertz CT molecular complexity index is 1350. The first-order chi connectivity index (χ1) is 18.3. The number of carbonyl (C=O) groups excluding carboxylic acids is 3. The van der Waals surface area contributed by atoms with Crippen LogP contribution in [0.25, 0.3) is 0 Å². The Morgan fingerprint density at radius 2 is 1.63 bits per heavy atom. The number of piperidine rings is 1. The fraction of sp³-hybridized carbons (Fsp3) is 0.250. The number of carbonyl (C=O) groups is 3. The number of benzene rings is 3. The number of nitrogens with one attached hydrogen (secondary N) is 1. The van der Waals surface area contributed by atoms with Crippen molar-refractivity contribution in [1.29, 1.82) is 0 Å². The van der Waals surface area contributed by atoms with E-state index in [1.807, 2.05) is 12.1 Å². The van der Waals surface area contributed by atoms with Crippen LogP contribution in [-0.2, 0) is 4.74 Å². The second-order valence-corrected chi connectivity index (χ2v) is 8.83. The molecule has 10 heteroatoms. The Kier molecular flexibility index (Phi) is 8.10. The van der Waals surface area contributed by atoms with Gasteiger partial charge in [-0.05, 0) is 79.8 Å². The van der Waals surface area contributed by atoms with Crippen molar-refractivity contribution in [2.45, 2.75) is 25.7 Å². The second-order valence-electron chi connectivity index (χ2n) is 8.83. The average Bonchev–Trinajstić information content (AvgIpc) is 2.93. The van der Waals surface area contributed by atoms with Gasteiger partial charge in [-0.15, -0.1) is 0 Å². The van der Waals surface area contributed by atoms with E-state index >= 15 is 0 Å². The second kappa shape index (κ2) is 11.6. The molecule has 1 aliphatic rings. The number of rotatable bonds is 7. The predicted octanol–water partition coefficient (Wildman–Crippen LogP) is 5.18. The highest BCUT2D eigenvalue weighted by atomic mass is 19.1. The van der Waals surface area contributed by atoms with Crippen molar-refractivity contribution in [2.75, 3.05) is 25.0 Å². The van der Waals surface area contributed by atoms with E-state index in [0.717, 1.165) is 24.5 Å². The van der Waals surface area contributed by atoms with Gasteiger partial charge in [-0.3, -0.25) is 19.7 Å². The van der Waals surface area contributed by atoms with Gasteiger partial charge >= 0.3 is 11.7 Å². The number of amides is 2. The molecule has 9 nitrogen and oxygen atoms in total. The molecule has 0 radical (unpaired) electrons. The van der Waals surface area contributed by atoms with E-state index in [1.54, 1.807) is 48.2 Å². The number of esters is 1. The molecule has 3 aromatic carbocycles. The zero-order valence-electron chi connectivity index (χ0n) is 20.7. The van der Waals surface area contributed by atoms with Crippen molar-refractivity contribution in [2.24, 2.45) is 0 Å². The standard InChI is InChI=1S/C28H26FN3O6/c1-2-38-28(35)21-8-6-20(7-9-21)27(34)31-16-14-19(15-17-31)18-10-12-22(13-11-18)30-26(33)23-4-3-5-24(29)25(23)32(36)37/h3-13,19H,2,14-17H2,1H3,(H,30,33). The third-order valence-electron chi connectivity index (χ3n) is 6.48. The lowest BCUT2D eigenvalue weighted by atomic mass is 9.89.